The molecular formula is C11H14N4O. The molecule has 1 aromatic heterocycles. The lowest BCUT2D eigenvalue weighted by molar-refractivity contribution is 0.414. The van der Waals surface area contributed by atoms with E-state index in [0.717, 1.165) is 17.0 Å². The van der Waals surface area contributed by atoms with Crippen LogP contribution in [-0.2, 0) is 6.54 Å². The molecule has 0 aliphatic carbocycles. The Morgan fingerprint density at radius 1 is 1.44 bits per heavy atom. The fraction of sp³-hybridized carbons (Fsp3) is 0.273. The van der Waals surface area contributed by atoms with Crippen LogP contribution < -0.4 is 10.5 Å². The first-order valence-electron chi connectivity index (χ1n) is 4.99. The molecule has 0 atom stereocenters. The highest BCUT2D eigenvalue weighted by molar-refractivity contribution is 5.33. The molecule has 2 N–H and O–H groups in total. The number of benzene rings is 1. The molecule has 1 heterocycles. The van der Waals surface area contributed by atoms with Crippen molar-refractivity contribution in [3.05, 3.63) is 35.5 Å². The summed E-state index contributed by atoms with van der Waals surface area (Å²) >= 11 is 0. The molecule has 0 spiro atoms. The van der Waals surface area contributed by atoms with Crippen molar-refractivity contribution in [3.8, 4) is 5.75 Å². The van der Waals surface area contributed by atoms with Crippen LogP contribution in [0.25, 0.3) is 0 Å². The lowest BCUT2D eigenvalue weighted by Gasteiger charge is -2.05. The van der Waals surface area contributed by atoms with E-state index in [1.165, 1.54) is 0 Å². The molecule has 0 amide bonds. The van der Waals surface area contributed by atoms with E-state index in [1.54, 1.807) is 11.8 Å². The molecule has 84 valence electrons. The van der Waals surface area contributed by atoms with Crippen LogP contribution in [0.3, 0.4) is 0 Å². The summed E-state index contributed by atoms with van der Waals surface area (Å²) in [5.74, 6) is 1.31. The van der Waals surface area contributed by atoms with Gasteiger partial charge in [0, 0.05) is 0 Å². The fourth-order valence-corrected chi connectivity index (χ4v) is 1.47. The highest BCUT2D eigenvalue weighted by Gasteiger charge is 2.05. The summed E-state index contributed by atoms with van der Waals surface area (Å²) in [6.07, 6.45) is 0. The smallest absolute Gasteiger partial charge is 0.168 e. The largest absolute Gasteiger partial charge is 0.497 e. The number of anilines is 1. The fourth-order valence-electron chi connectivity index (χ4n) is 1.47. The number of hydrogen-bond donors (Lipinski definition) is 1. The van der Waals surface area contributed by atoms with E-state index in [-0.39, 0.29) is 0 Å². The minimum absolute atomic E-state index is 0.475. The third kappa shape index (κ3) is 1.98. The van der Waals surface area contributed by atoms with Gasteiger partial charge in [0.15, 0.2) is 5.82 Å². The molecule has 0 radical (unpaired) electrons. The van der Waals surface area contributed by atoms with Gasteiger partial charge in [-0.25, -0.2) is 4.68 Å². The number of nitrogen functional groups attached to an aromatic ring is 1. The first-order valence-corrected chi connectivity index (χ1v) is 4.99. The molecule has 0 aliphatic rings. The number of hydrogen-bond acceptors (Lipinski definition) is 4. The van der Waals surface area contributed by atoms with Gasteiger partial charge in [0.1, 0.15) is 5.75 Å². The van der Waals surface area contributed by atoms with E-state index < -0.39 is 0 Å². The Hall–Kier alpha value is -2.04. The first-order chi connectivity index (χ1) is 7.70. The van der Waals surface area contributed by atoms with Crippen molar-refractivity contribution in [2.75, 3.05) is 12.8 Å². The van der Waals surface area contributed by atoms with Crippen molar-refractivity contribution >= 4 is 5.82 Å². The Morgan fingerprint density at radius 2 is 2.25 bits per heavy atom. The molecular weight excluding hydrogens is 204 g/mol. The van der Waals surface area contributed by atoms with Gasteiger partial charge >= 0.3 is 0 Å². The molecule has 5 heteroatoms. The summed E-state index contributed by atoms with van der Waals surface area (Å²) in [5.41, 5.74) is 7.61. The molecule has 2 aromatic rings. The van der Waals surface area contributed by atoms with Gasteiger partial charge in [-0.15, -0.1) is 5.10 Å². The minimum Gasteiger partial charge on any atom is -0.497 e. The van der Waals surface area contributed by atoms with Gasteiger partial charge in [-0.2, -0.15) is 0 Å². The molecule has 2 rings (SSSR count). The predicted molar refractivity (Wildman–Crippen MR) is 61.3 cm³/mol. The zero-order valence-electron chi connectivity index (χ0n) is 9.34. The van der Waals surface area contributed by atoms with E-state index in [9.17, 15) is 0 Å². The van der Waals surface area contributed by atoms with E-state index in [4.69, 9.17) is 10.5 Å². The minimum atomic E-state index is 0.475. The number of ether oxygens (including phenoxy) is 1. The van der Waals surface area contributed by atoms with E-state index in [0.29, 0.717) is 12.4 Å². The first kappa shape index (κ1) is 10.5. The SMILES string of the molecule is COc1cccc(Cn2nnc(N)c2C)c1. The summed E-state index contributed by atoms with van der Waals surface area (Å²) in [6.45, 7) is 2.54. The number of aromatic nitrogens is 3. The summed E-state index contributed by atoms with van der Waals surface area (Å²) in [5, 5.41) is 7.78. The maximum absolute atomic E-state index is 5.63. The highest BCUT2D eigenvalue weighted by Crippen LogP contribution is 2.14. The number of rotatable bonds is 3. The van der Waals surface area contributed by atoms with Crippen LogP contribution in [0.4, 0.5) is 5.82 Å². The summed E-state index contributed by atoms with van der Waals surface area (Å²) in [4.78, 5) is 0. The number of methoxy groups -OCH3 is 1. The Labute approximate surface area is 93.8 Å². The number of nitrogens with two attached hydrogens (primary N) is 1. The van der Waals surface area contributed by atoms with Gasteiger partial charge in [-0.05, 0) is 24.6 Å². The van der Waals surface area contributed by atoms with Crippen molar-refractivity contribution in [2.45, 2.75) is 13.5 Å². The van der Waals surface area contributed by atoms with Crippen LogP contribution in [0, 0.1) is 6.92 Å². The second-order valence-corrected chi connectivity index (χ2v) is 3.57. The zero-order chi connectivity index (χ0) is 11.5. The molecule has 5 nitrogen and oxygen atoms in total. The maximum atomic E-state index is 5.63. The normalized spacial score (nSPS) is 10.4. The summed E-state index contributed by atoms with van der Waals surface area (Å²) < 4.78 is 6.93. The Bertz CT molecular complexity index is 492. The topological polar surface area (TPSA) is 66.0 Å². The van der Waals surface area contributed by atoms with Gasteiger partial charge in [-0.1, -0.05) is 17.3 Å². The van der Waals surface area contributed by atoms with Crippen LogP contribution >= 0.6 is 0 Å². The van der Waals surface area contributed by atoms with Gasteiger partial charge in [0.05, 0.1) is 19.3 Å². The Morgan fingerprint density at radius 3 is 2.88 bits per heavy atom. The van der Waals surface area contributed by atoms with E-state index >= 15 is 0 Å². The molecule has 0 saturated heterocycles. The maximum Gasteiger partial charge on any atom is 0.168 e. The molecule has 0 aliphatic heterocycles. The van der Waals surface area contributed by atoms with Crippen LogP contribution in [0.1, 0.15) is 11.3 Å². The quantitative estimate of drug-likeness (QED) is 0.841. The molecule has 0 unspecified atom stereocenters. The second kappa shape index (κ2) is 4.22. The molecule has 16 heavy (non-hydrogen) atoms. The average molecular weight is 218 g/mol. The zero-order valence-corrected chi connectivity index (χ0v) is 9.34. The van der Waals surface area contributed by atoms with Crippen molar-refractivity contribution < 1.29 is 4.74 Å². The van der Waals surface area contributed by atoms with Gasteiger partial charge in [0.25, 0.3) is 0 Å². The molecule has 0 saturated carbocycles. The van der Waals surface area contributed by atoms with Gasteiger partial charge in [-0.3, -0.25) is 0 Å². The average Bonchev–Trinajstić information content (AvgIpc) is 2.61. The van der Waals surface area contributed by atoms with Crippen LogP contribution in [-0.4, -0.2) is 22.1 Å². The third-order valence-corrected chi connectivity index (χ3v) is 2.48. The summed E-state index contributed by atoms with van der Waals surface area (Å²) in [7, 11) is 1.65. The van der Waals surface area contributed by atoms with Crippen molar-refractivity contribution in [3.63, 3.8) is 0 Å². The van der Waals surface area contributed by atoms with Crippen LogP contribution in [0.2, 0.25) is 0 Å². The van der Waals surface area contributed by atoms with Crippen molar-refractivity contribution in [2.24, 2.45) is 0 Å². The van der Waals surface area contributed by atoms with E-state index in [2.05, 4.69) is 10.3 Å². The summed E-state index contributed by atoms with van der Waals surface area (Å²) in [6, 6.07) is 7.84. The lowest BCUT2D eigenvalue weighted by Crippen LogP contribution is -2.04. The molecule has 1 aromatic carbocycles. The standard InChI is InChI=1S/C11H14N4O/c1-8-11(12)13-14-15(8)7-9-4-3-5-10(6-9)16-2/h3-6H,7,12H2,1-2H3. The van der Waals surface area contributed by atoms with Crippen molar-refractivity contribution in [1.29, 1.82) is 0 Å². The Balaban J connectivity index is 2.23. The predicted octanol–water partition coefficient (Wildman–Crippen LogP) is 1.23. The monoisotopic (exact) mass is 218 g/mol. The number of nitrogens with zero attached hydrogens (tertiary/aromatic N) is 3. The third-order valence-electron chi connectivity index (χ3n) is 2.48. The molecule has 0 fully saturated rings. The van der Waals surface area contributed by atoms with Crippen LogP contribution in [0.15, 0.2) is 24.3 Å². The van der Waals surface area contributed by atoms with Crippen molar-refractivity contribution in [1.82, 2.24) is 15.0 Å². The lowest BCUT2D eigenvalue weighted by atomic mass is 10.2. The Kier molecular flexibility index (Phi) is 2.76. The van der Waals surface area contributed by atoms with Crippen LogP contribution in [0.5, 0.6) is 5.75 Å². The molecule has 0 bridgehead atoms. The second-order valence-electron chi connectivity index (χ2n) is 3.57. The van der Waals surface area contributed by atoms with Gasteiger partial charge < -0.3 is 10.5 Å². The van der Waals surface area contributed by atoms with Gasteiger partial charge in [0.2, 0.25) is 0 Å². The highest BCUT2D eigenvalue weighted by atomic mass is 16.5. The van der Waals surface area contributed by atoms with E-state index in [1.807, 2.05) is 31.2 Å².